The van der Waals surface area contributed by atoms with Crippen molar-refractivity contribution >= 4 is 0 Å². The molecular weight excluding hydrogens is 266 g/mol. The summed E-state index contributed by atoms with van der Waals surface area (Å²) < 4.78 is 5.40. The molecule has 1 aliphatic heterocycles. The molecule has 1 saturated heterocycles. The van der Waals surface area contributed by atoms with Crippen LogP contribution in [0.2, 0.25) is 0 Å². The van der Waals surface area contributed by atoms with Gasteiger partial charge in [0, 0.05) is 17.7 Å². The molecule has 3 heterocycles. The van der Waals surface area contributed by atoms with Crippen LogP contribution in [0.4, 0.5) is 0 Å². The monoisotopic (exact) mass is 289 g/mol. The maximum absolute atomic E-state index is 5.40. The van der Waals surface area contributed by atoms with Gasteiger partial charge in [0.15, 0.2) is 5.82 Å². The van der Waals surface area contributed by atoms with E-state index in [0.29, 0.717) is 18.2 Å². The minimum absolute atomic E-state index is 0.661. The van der Waals surface area contributed by atoms with Gasteiger partial charge in [-0.1, -0.05) is 5.16 Å². The van der Waals surface area contributed by atoms with Crippen molar-refractivity contribution in [2.45, 2.75) is 39.5 Å². The first-order valence-electron chi connectivity index (χ1n) is 7.62. The predicted molar refractivity (Wildman–Crippen MR) is 79.1 cm³/mol. The summed E-state index contributed by atoms with van der Waals surface area (Å²) in [4.78, 5) is 6.93. The molecule has 21 heavy (non-hydrogen) atoms. The first-order valence-corrected chi connectivity index (χ1v) is 7.62. The molecule has 2 aromatic heterocycles. The number of likely N-dealkylation sites (tertiary alicyclic amines) is 1. The average Bonchev–Trinajstić information content (AvgIpc) is 3.03. The van der Waals surface area contributed by atoms with Gasteiger partial charge < -0.3 is 9.42 Å². The molecule has 0 radical (unpaired) electrons. The Morgan fingerprint density at radius 3 is 2.71 bits per heavy atom. The van der Waals surface area contributed by atoms with Crippen molar-refractivity contribution in [3.63, 3.8) is 0 Å². The number of hydrogen-bond donors (Lipinski definition) is 1. The van der Waals surface area contributed by atoms with Gasteiger partial charge in [-0.05, 0) is 52.7 Å². The second-order valence-electron chi connectivity index (χ2n) is 6.14. The second kappa shape index (κ2) is 5.97. The highest BCUT2D eigenvalue weighted by atomic mass is 16.5. The van der Waals surface area contributed by atoms with Crippen molar-refractivity contribution in [2.75, 3.05) is 20.1 Å². The molecule has 0 bridgehead atoms. The lowest BCUT2D eigenvalue weighted by molar-refractivity contribution is 0.216. The maximum atomic E-state index is 5.40. The molecule has 2 aromatic rings. The molecule has 0 spiro atoms. The third-order valence-electron chi connectivity index (χ3n) is 4.43. The van der Waals surface area contributed by atoms with Gasteiger partial charge >= 0.3 is 0 Å². The van der Waals surface area contributed by atoms with Gasteiger partial charge in [-0.25, -0.2) is 0 Å². The highest BCUT2D eigenvalue weighted by Gasteiger charge is 2.20. The number of H-pyrrole nitrogens is 1. The number of rotatable bonds is 4. The Morgan fingerprint density at radius 1 is 1.29 bits per heavy atom. The standard InChI is InChI=1S/C15H23N5O/c1-10-13(11(2)18-17-10)9-15-16-14(19-21-15)8-12-4-6-20(3)7-5-12/h12H,4-9H2,1-3H3,(H,17,18). The average molecular weight is 289 g/mol. The van der Waals surface area contributed by atoms with Gasteiger partial charge in [0.1, 0.15) is 0 Å². The van der Waals surface area contributed by atoms with Gasteiger partial charge in [-0.3, -0.25) is 5.10 Å². The quantitative estimate of drug-likeness (QED) is 0.930. The second-order valence-corrected chi connectivity index (χ2v) is 6.14. The molecule has 114 valence electrons. The van der Waals surface area contributed by atoms with Gasteiger partial charge in [0.2, 0.25) is 5.89 Å². The first kappa shape index (κ1) is 14.3. The van der Waals surface area contributed by atoms with Crippen LogP contribution in [0.1, 0.15) is 41.5 Å². The number of aromatic amines is 1. The Kier molecular flexibility index (Phi) is 4.05. The number of piperidine rings is 1. The number of nitrogens with one attached hydrogen (secondary N) is 1. The van der Waals surface area contributed by atoms with E-state index in [0.717, 1.165) is 29.2 Å². The van der Waals surface area contributed by atoms with Crippen LogP contribution in [0.5, 0.6) is 0 Å². The third kappa shape index (κ3) is 3.32. The van der Waals surface area contributed by atoms with Crippen LogP contribution in [0.25, 0.3) is 0 Å². The lowest BCUT2D eigenvalue weighted by Crippen LogP contribution is -2.31. The van der Waals surface area contributed by atoms with Gasteiger partial charge in [0.25, 0.3) is 0 Å². The summed E-state index contributed by atoms with van der Waals surface area (Å²) in [6, 6.07) is 0. The van der Waals surface area contributed by atoms with E-state index in [4.69, 9.17) is 4.52 Å². The molecule has 3 rings (SSSR count). The Hall–Kier alpha value is -1.69. The smallest absolute Gasteiger partial charge is 0.231 e. The van der Waals surface area contributed by atoms with Crippen LogP contribution in [-0.2, 0) is 12.8 Å². The van der Waals surface area contributed by atoms with Crippen molar-refractivity contribution in [3.05, 3.63) is 28.7 Å². The summed E-state index contributed by atoms with van der Waals surface area (Å²) in [6.07, 6.45) is 4.04. The van der Waals surface area contributed by atoms with Crippen LogP contribution >= 0.6 is 0 Å². The van der Waals surface area contributed by atoms with E-state index < -0.39 is 0 Å². The minimum Gasteiger partial charge on any atom is -0.339 e. The molecule has 0 amide bonds. The fourth-order valence-electron chi connectivity index (χ4n) is 2.95. The Bertz CT molecular complexity index is 575. The number of nitrogens with zero attached hydrogens (tertiary/aromatic N) is 4. The van der Waals surface area contributed by atoms with Crippen molar-refractivity contribution in [3.8, 4) is 0 Å². The third-order valence-corrected chi connectivity index (χ3v) is 4.43. The molecule has 0 atom stereocenters. The van der Waals surface area contributed by atoms with Crippen molar-refractivity contribution in [1.82, 2.24) is 25.2 Å². The molecular formula is C15H23N5O. The molecule has 0 unspecified atom stereocenters. The fraction of sp³-hybridized carbons (Fsp3) is 0.667. The topological polar surface area (TPSA) is 70.8 Å². The van der Waals surface area contributed by atoms with E-state index in [1.54, 1.807) is 0 Å². The Balaban J connectivity index is 1.61. The zero-order valence-corrected chi connectivity index (χ0v) is 13.0. The Labute approximate surface area is 124 Å². The molecule has 6 nitrogen and oxygen atoms in total. The van der Waals surface area contributed by atoms with Crippen molar-refractivity contribution < 1.29 is 4.52 Å². The van der Waals surface area contributed by atoms with E-state index in [2.05, 4.69) is 32.3 Å². The molecule has 1 N–H and O–H groups in total. The highest BCUT2D eigenvalue weighted by Crippen LogP contribution is 2.20. The number of aromatic nitrogens is 4. The van der Waals surface area contributed by atoms with E-state index in [-0.39, 0.29) is 0 Å². The van der Waals surface area contributed by atoms with Gasteiger partial charge in [-0.15, -0.1) is 0 Å². The molecule has 0 saturated carbocycles. The highest BCUT2D eigenvalue weighted by molar-refractivity contribution is 5.25. The molecule has 6 heteroatoms. The number of aryl methyl sites for hydroxylation is 2. The summed E-state index contributed by atoms with van der Waals surface area (Å²) >= 11 is 0. The summed E-state index contributed by atoms with van der Waals surface area (Å²) in [7, 11) is 2.18. The van der Waals surface area contributed by atoms with Crippen LogP contribution in [0.3, 0.4) is 0 Å². The van der Waals surface area contributed by atoms with E-state index in [1.165, 1.54) is 25.9 Å². The number of hydrogen-bond acceptors (Lipinski definition) is 5. The largest absolute Gasteiger partial charge is 0.339 e. The van der Waals surface area contributed by atoms with Crippen LogP contribution in [0.15, 0.2) is 4.52 Å². The molecule has 0 aromatic carbocycles. The van der Waals surface area contributed by atoms with Crippen molar-refractivity contribution in [2.24, 2.45) is 5.92 Å². The van der Waals surface area contributed by atoms with Gasteiger partial charge in [-0.2, -0.15) is 10.1 Å². The minimum atomic E-state index is 0.661. The molecule has 0 aliphatic carbocycles. The van der Waals surface area contributed by atoms with Crippen molar-refractivity contribution in [1.29, 1.82) is 0 Å². The normalized spacial score (nSPS) is 17.5. The van der Waals surface area contributed by atoms with Crippen LogP contribution in [0, 0.1) is 19.8 Å². The summed E-state index contributed by atoms with van der Waals surface area (Å²) in [5.74, 6) is 2.22. The summed E-state index contributed by atoms with van der Waals surface area (Å²) in [5, 5.41) is 11.3. The SMILES string of the molecule is Cc1n[nH]c(C)c1Cc1nc(CC2CCN(C)CC2)no1. The zero-order chi connectivity index (χ0) is 14.8. The molecule has 1 aliphatic rings. The summed E-state index contributed by atoms with van der Waals surface area (Å²) in [6.45, 7) is 6.35. The lowest BCUT2D eigenvalue weighted by Gasteiger charge is -2.27. The Morgan fingerprint density at radius 2 is 2.05 bits per heavy atom. The summed E-state index contributed by atoms with van der Waals surface area (Å²) in [5.41, 5.74) is 3.23. The maximum Gasteiger partial charge on any atom is 0.231 e. The fourth-order valence-corrected chi connectivity index (χ4v) is 2.95. The van der Waals surface area contributed by atoms with Crippen LogP contribution in [-0.4, -0.2) is 45.4 Å². The zero-order valence-electron chi connectivity index (χ0n) is 13.0. The van der Waals surface area contributed by atoms with Gasteiger partial charge in [0.05, 0.1) is 12.1 Å². The molecule has 1 fully saturated rings. The van der Waals surface area contributed by atoms with E-state index in [9.17, 15) is 0 Å². The van der Waals surface area contributed by atoms with E-state index in [1.807, 2.05) is 13.8 Å². The predicted octanol–water partition coefficient (Wildman–Crippen LogP) is 1.88. The first-order chi connectivity index (χ1) is 10.1. The van der Waals surface area contributed by atoms with E-state index >= 15 is 0 Å². The van der Waals surface area contributed by atoms with Crippen LogP contribution < -0.4 is 0 Å². The lowest BCUT2D eigenvalue weighted by atomic mass is 9.94.